The Bertz CT molecular complexity index is 429. The summed E-state index contributed by atoms with van der Waals surface area (Å²) in [6, 6.07) is 0.259. The molecule has 0 spiro atoms. The third-order valence-electron chi connectivity index (χ3n) is 2.77. The van der Waals surface area contributed by atoms with Gasteiger partial charge < -0.3 is 4.90 Å². The minimum absolute atomic E-state index is 0.259. The van der Waals surface area contributed by atoms with Crippen molar-refractivity contribution in [3.05, 3.63) is 47.7 Å². The van der Waals surface area contributed by atoms with Crippen molar-refractivity contribution < 1.29 is 0 Å². The largest absolute Gasteiger partial charge is 0.313 e. The lowest BCUT2D eigenvalue weighted by atomic mass is 10.0. The molecule has 78 valence electrons. The van der Waals surface area contributed by atoms with Gasteiger partial charge in [0.1, 0.15) is 0 Å². The molecule has 2 nitrogen and oxygen atoms in total. The zero-order valence-corrected chi connectivity index (χ0v) is 9.90. The van der Waals surface area contributed by atoms with Crippen molar-refractivity contribution in [2.24, 2.45) is 4.99 Å². The average Bonchev–Trinajstić information content (AvgIpc) is 2.43. The predicted molar refractivity (Wildman–Crippen MR) is 67.5 cm³/mol. The van der Waals surface area contributed by atoms with E-state index in [2.05, 4.69) is 36.6 Å². The lowest BCUT2D eigenvalue weighted by molar-refractivity contribution is 0.462. The standard InChI is InChI=1S/C12H14N2S/c1-6-11-7(2)13-12-14(9(11)4)8(3)10(5)15-12/h6,9H,1,3,5H2,2,4H3. The molecule has 0 amide bonds. The number of fused-ring (bicyclic) bond motifs is 1. The number of amidine groups is 1. The Morgan fingerprint density at radius 3 is 2.73 bits per heavy atom. The summed E-state index contributed by atoms with van der Waals surface area (Å²) in [5, 5.41) is 0.987. The third-order valence-corrected chi connectivity index (χ3v) is 3.72. The Kier molecular flexibility index (Phi) is 2.35. The lowest BCUT2D eigenvalue weighted by Gasteiger charge is -2.31. The highest BCUT2D eigenvalue weighted by Gasteiger charge is 2.35. The normalized spacial score (nSPS) is 25.6. The minimum atomic E-state index is 0.259. The van der Waals surface area contributed by atoms with Gasteiger partial charge in [-0.3, -0.25) is 0 Å². The first kappa shape index (κ1) is 10.3. The average molecular weight is 218 g/mol. The van der Waals surface area contributed by atoms with E-state index >= 15 is 0 Å². The molecule has 0 aromatic heterocycles. The molecule has 2 aliphatic heterocycles. The van der Waals surface area contributed by atoms with Crippen molar-refractivity contribution >= 4 is 16.9 Å². The first-order valence-electron chi connectivity index (χ1n) is 4.83. The maximum Gasteiger partial charge on any atom is 0.174 e. The fourth-order valence-electron chi connectivity index (χ4n) is 1.91. The summed E-state index contributed by atoms with van der Waals surface area (Å²) in [5.41, 5.74) is 3.16. The van der Waals surface area contributed by atoms with Crippen LogP contribution in [0.5, 0.6) is 0 Å². The van der Waals surface area contributed by atoms with Crippen LogP contribution in [0.25, 0.3) is 0 Å². The summed E-state index contributed by atoms with van der Waals surface area (Å²) in [5.74, 6) is 0. The van der Waals surface area contributed by atoms with Crippen LogP contribution in [0.15, 0.2) is 52.7 Å². The number of thioether (sulfide) groups is 1. The van der Waals surface area contributed by atoms with E-state index in [1.165, 1.54) is 0 Å². The summed E-state index contributed by atoms with van der Waals surface area (Å²) in [6.07, 6.45) is 1.87. The molecular formula is C12H14N2S. The smallest absolute Gasteiger partial charge is 0.174 e. The molecule has 0 bridgehead atoms. The van der Waals surface area contributed by atoms with Crippen molar-refractivity contribution in [2.75, 3.05) is 0 Å². The molecule has 2 aliphatic rings. The van der Waals surface area contributed by atoms with Gasteiger partial charge in [0, 0.05) is 16.3 Å². The second-order valence-corrected chi connectivity index (χ2v) is 4.72. The first-order chi connectivity index (χ1) is 7.06. The second kappa shape index (κ2) is 3.42. The van der Waals surface area contributed by atoms with Gasteiger partial charge in [0.15, 0.2) is 5.17 Å². The molecule has 0 aromatic rings. The van der Waals surface area contributed by atoms with E-state index in [0.717, 1.165) is 27.0 Å². The highest BCUT2D eigenvalue weighted by molar-refractivity contribution is 8.17. The Morgan fingerprint density at radius 1 is 1.47 bits per heavy atom. The van der Waals surface area contributed by atoms with E-state index in [0.29, 0.717) is 0 Å². The lowest BCUT2D eigenvalue weighted by Crippen LogP contribution is -2.36. The van der Waals surface area contributed by atoms with E-state index in [-0.39, 0.29) is 6.04 Å². The van der Waals surface area contributed by atoms with Crippen LogP contribution >= 0.6 is 11.8 Å². The van der Waals surface area contributed by atoms with E-state index < -0.39 is 0 Å². The van der Waals surface area contributed by atoms with Crippen LogP contribution in [-0.4, -0.2) is 16.1 Å². The zero-order valence-electron chi connectivity index (χ0n) is 9.08. The molecule has 1 atom stereocenters. The van der Waals surface area contributed by atoms with Crippen LogP contribution < -0.4 is 0 Å². The van der Waals surface area contributed by atoms with E-state index in [1.54, 1.807) is 11.8 Å². The number of allylic oxidation sites excluding steroid dienone is 1. The van der Waals surface area contributed by atoms with Crippen LogP contribution in [0.2, 0.25) is 0 Å². The Labute approximate surface area is 94.8 Å². The second-order valence-electron chi connectivity index (χ2n) is 3.66. The highest BCUT2D eigenvalue weighted by Crippen LogP contribution is 2.42. The first-order valence-corrected chi connectivity index (χ1v) is 5.65. The van der Waals surface area contributed by atoms with Crippen LogP contribution in [0.1, 0.15) is 13.8 Å². The number of nitrogens with zero attached hydrogens (tertiary/aromatic N) is 2. The highest BCUT2D eigenvalue weighted by atomic mass is 32.2. The van der Waals surface area contributed by atoms with Gasteiger partial charge in [-0.15, -0.1) is 0 Å². The molecule has 0 N–H and O–H groups in total. The van der Waals surface area contributed by atoms with Crippen LogP contribution in [0, 0.1) is 0 Å². The molecule has 0 aromatic carbocycles. The number of rotatable bonds is 1. The van der Waals surface area contributed by atoms with Crippen molar-refractivity contribution in [1.82, 2.24) is 4.90 Å². The number of hydrogen-bond acceptors (Lipinski definition) is 3. The van der Waals surface area contributed by atoms with Crippen molar-refractivity contribution in [3.8, 4) is 0 Å². The van der Waals surface area contributed by atoms with E-state index in [4.69, 9.17) is 0 Å². The molecule has 15 heavy (non-hydrogen) atoms. The zero-order chi connectivity index (χ0) is 11.2. The number of aliphatic imine (C=N–C) groups is 1. The van der Waals surface area contributed by atoms with E-state index in [1.807, 2.05) is 13.0 Å². The van der Waals surface area contributed by atoms with Crippen molar-refractivity contribution in [2.45, 2.75) is 19.9 Å². The molecule has 0 aliphatic carbocycles. The summed E-state index contributed by atoms with van der Waals surface area (Å²) in [6.45, 7) is 16.0. The third kappa shape index (κ3) is 1.38. The summed E-state index contributed by atoms with van der Waals surface area (Å²) in [4.78, 5) is 7.65. The topological polar surface area (TPSA) is 15.6 Å². The van der Waals surface area contributed by atoms with Crippen LogP contribution in [0.3, 0.4) is 0 Å². The summed E-state index contributed by atoms with van der Waals surface area (Å²) >= 11 is 1.59. The number of hydrogen-bond donors (Lipinski definition) is 0. The molecule has 2 rings (SSSR count). The monoisotopic (exact) mass is 218 g/mol. The molecule has 1 fully saturated rings. The van der Waals surface area contributed by atoms with Gasteiger partial charge in [0.25, 0.3) is 0 Å². The minimum Gasteiger partial charge on any atom is -0.313 e. The maximum atomic E-state index is 4.54. The summed E-state index contributed by atoms with van der Waals surface area (Å²) in [7, 11) is 0. The van der Waals surface area contributed by atoms with Gasteiger partial charge in [0.05, 0.1) is 6.04 Å². The Balaban J connectivity index is 2.50. The van der Waals surface area contributed by atoms with Gasteiger partial charge in [-0.1, -0.05) is 37.6 Å². The summed E-state index contributed by atoms with van der Waals surface area (Å²) < 4.78 is 0. The molecule has 0 radical (unpaired) electrons. The van der Waals surface area contributed by atoms with Crippen molar-refractivity contribution in [3.63, 3.8) is 0 Å². The van der Waals surface area contributed by atoms with Gasteiger partial charge >= 0.3 is 0 Å². The molecule has 0 saturated carbocycles. The predicted octanol–water partition coefficient (Wildman–Crippen LogP) is 3.28. The SMILES string of the molecule is C=CC1=C(C)N=C2SC(=C)C(=C)N2C1C. The fraction of sp³-hybridized carbons (Fsp3) is 0.250. The van der Waals surface area contributed by atoms with Gasteiger partial charge in [-0.25, -0.2) is 4.99 Å². The fourth-order valence-corrected chi connectivity index (χ4v) is 2.90. The molecule has 1 saturated heterocycles. The van der Waals surface area contributed by atoms with E-state index in [9.17, 15) is 0 Å². The molecule has 3 heteroatoms. The Morgan fingerprint density at radius 2 is 2.13 bits per heavy atom. The molecule has 2 heterocycles. The van der Waals surface area contributed by atoms with Crippen molar-refractivity contribution in [1.29, 1.82) is 0 Å². The van der Waals surface area contributed by atoms with Crippen LogP contribution in [0.4, 0.5) is 0 Å². The van der Waals surface area contributed by atoms with Gasteiger partial charge in [-0.2, -0.15) is 0 Å². The van der Waals surface area contributed by atoms with Gasteiger partial charge in [0.2, 0.25) is 0 Å². The van der Waals surface area contributed by atoms with Crippen LogP contribution in [-0.2, 0) is 0 Å². The quantitative estimate of drug-likeness (QED) is 0.671. The molecular weight excluding hydrogens is 204 g/mol. The molecule has 1 unspecified atom stereocenters. The Hall–Kier alpha value is -1.22. The van der Waals surface area contributed by atoms with Gasteiger partial charge in [-0.05, 0) is 19.4 Å². The maximum absolute atomic E-state index is 4.54.